The summed E-state index contributed by atoms with van der Waals surface area (Å²) in [6.45, 7) is 20.5. The summed E-state index contributed by atoms with van der Waals surface area (Å²) in [6, 6.07) is -0.608. The molecule has 0 saturated carbocycles. The molecule has 2 atom stereocenters. The van der Waals surface area contributed by atoms with Gasteiger partial charge in [0.1, 0.15) is 34.7 Å². The van der Waals surface area contributed by atoms with Crippen molar-refractivity contribution in [1.29, 1.82) is 0 Å². The maximum absolute atomic E-state index is 12.8. The lowest BCUT2D eigenvalue weighted by Crippen LogP contribution is -2.53. The molecule has 1 heterocycles. The average molecular weight is 578 g/mol. The fourth-order valence-corrected chi connectivity index (χ4v) is 3.12. The summed E-state index contributed by atoms with van der Waals surface area (Å²) in [4.78, 5) is 52.8. The lowest BCUT2D eigenvalue weighted by molar-refractivity contribution is -0.147. The summed E-state index contributed by atoms with van der Waals surface area (Å²) >= 11 is 0. The topological polar surface area (TPSA) is 171 Å². The molecular weight excluding hydrogens is 530 g/mol. The Labute approximate surface area is 236 Å². The largest absolute Gasteiger partial charge is 0.456 e. The number of nitrogens with one attached hydrogen (secondary N) is 2. The Hall–Kier alpha value is -3.10. The van der Waals surface area contributed by atoms with Crippen LogP contribution >= 0.6 is 0 Å². The van der Waals surface area contributed by atoms with Crippen LogP contribution in [0.5, 0.6) is 0 Å². The molecule has 40 heavy (non-hydrogen) atoms. The maximum atomic E-state index is 12.8. The van der Waals surface area contributed by atoms with E-state index in [4.69, 9.17) is 29.0 Å². The van der Waals surface area contributed by atoms with E-state index in [2.05, 4.69) is 10.2 Å². The third-order valence-electron chi connectivity index (χ3n) is 4.34. The van der Waals surface area contributed by atoms with E-state index < -0.39 is 58.9 Å². The molecule has 1 fully saturated rings. The molecule has 0 unspecified atom stereocenters. The fraction of sp³-hybridized carbons (Fsp3) is 0.769. The van der Waals surface area contributed by atoms with Crippen molar-refractivity contribution in [2.75, 3.05) is 13.2 Å². The number of carbonyl (C=O) groups is 4. The normalized spacial score (nSPS) is 17.7. The Morgan fingerprint density at radius 1 is 0.950 bits per heavy atom. The van der Waals surface area contributed by atoms with Crippen molar-refractivity contribution in [2.24, 2.45) is 0 Å². The molecule has 1 saturated heterocycles. The zero-order chi connectivity index (χ0) is 31.5. The van der Waals surface area contributed by atoms with Crippen LogP contribution in [0.4, 0.5) is 14.4 Å². The van der Waals surface area contributed by atoms with Gasteiger partial charge < -0.3 is 23.7 Å². The molecule has 0 aromatic carbocycles. The first-order valence-corrected chi connectivity index (χ1v) is 12.7. The summed E-state index contributed by atoms with van der Waals surface area (Å²) in [6.07, 6.45) is 0.196. The quantitative estimate of drug-likeness (QED) is 0.103. The van der Waals surface area contributed by atoms with E-state index in [0.29, 0.717) is 0 Å². The van der Waals surface area contributed by atoms with Crippen LogP contribution < -0.4 is 11.0 Å². The highest BCUT2D eigenvalue weighted by Gasteiger charge is 2.49. The molecular formula is C26H47N3O11. The number of ether oxygens (including phenoxy) is 5. The molecule has 1 aliphatic heterocycles. The van der Waals surface area contributed by atoms with E-state index in [-0.39, 0.29) is 13.2 Å². The smallest absolute Gasteiger partial charge is 0.431 e. The molecule has 0 aromatic heterocycles. The minimum Gasteiger partial charge on any atom is -0.456 e. The second kappa shape index (κ2) is 15.1. The summed E-state index contributed by atoms with van der Waals surface area (Å²) in [5.74, 6) is -0.517. The minimum atomic E-state index is -0.950. The Morgan fingerprint density at radius 3 is 1.88 bits per heavy atom. The molecule has 3 amide bonds. The van der Waals surface area contributed by atoms with Crippen molar-refractivity contribution >= 4 is 24.2 Å². The first-order chi connectivity index (χ1) is 18.0. The molecule has 14 heteroatoms. The number of hydroxylamine groups is 2. The van der Waals surface area contributed by atoms with Gasteiger partial charge in [-0.2, -0.15) is 5.48 Å². The average Bonchev–Trinajstić information content (AvgIpc) is 3.04. The standard InChI is InChI=1S/C21H36N2O8.C5H11NO3/c1-14(24)29-16(11-10-12-28-22-17(25)30-19(2,3)4)15-13-27-21(8,9)23(15)18(26)31-20(5,6)7;1-5(2,3)9-4(7)6-8/h10-11,15-16H,12-13H2,1-9H3,(H,22,25);8H,1-3H3,(H,6,7)/b11-10+;/t15-,16+;/m0./s1. The number of amides is 3. The van der Waals surface area contributed by atoms with Gasteiger partial charge >= 0.3 is 24.2 Å². The number of nitrogens with zero attached hydrogens (tertiary/aromatic N) is 1. The van der Waals surface area contributed by atoms with E-state index >= 15 is 0 Å². The van der Waals surface area contributed by atoms with Gasteiger partial charge in [-0.1, -0.05) is 6.08 Å². The number of hydrogen-bond acceptors (Lipinski definition) is 11. The van der Waals surface area contributed by atoms with E-state index in [1.807, 2.05) is 0 Å². The molecule has 0 aliphatic carbocycles. The Balaban J connectivity index is 0.00000144. The summed E-state index contributed by atoms with van der Waals surface area (Å²) < 4.78 is 26.3. The van der Waals surface area contributed by atoms with E-state index in [1.165, 1.54) is 17.3 Å². The van der Waals surface area contributed by atoms with Crippen LogP contribution in [0.3, 0.4) is 0 Å². The van der Waals surface area contributed by atoms with Crippen molar-refractivity contribution in [3.8, 4) is 0 Å². The maximum Gasteiger partial charge on any atom is 0.431 e. The lowest BCUT2D eigenvalue weighted by atomic mass is 10.1. The molecule has 0 bridgehead atoms. The van der Waals surface area contributed by atoms with Gasteiger partial charge in [-0.15, -0.1) is 0 Å². The van der Waals surface area contributed by atoms with E-state index in [0.717, 1.165) is 0 Å². The second-order valence-corrected chi connectivity index (χ2v) is 12.2. The van der Waals surface area contributed by atoms with Crippen LogP contribution in [0.25, 0.3) is 0 Å². The third-order valence-corrected chi connectivity index (χ3v) is 4.34. The summed E-state index contributed by atoms with van der Waals surface area (Å²) in [5, 5.41) is 7.97. The molecule has 0 spiro atoms. The van der Waals surface area contributed by atoms with Crippen LogP contribution in [0.15, 0.2) is 12.2 Å². The molecule has 1 rings (SSSR count). The molecule has 0 aromatic rings. The van der Waals surface area contributed by atoms with Gasteiger partial charge in [0, 0.05) is 6.92 Å². The van der Waals surface area contributed by atoms with Gasteiger partial charge in [0.05, 0.1) is 13.2 Å². The summed E-state index contributed by atoms with van der Waals surface area (Å²) in [5.41, 5.74) is 0.672. The van der Waals surface area contributed by atoms with Crippen molar-refractivity contribution in [1.82, 2.24) is 15.9 Å². The number of esters is 1. The van der Waals surface area contributed by atoms with Crippen molar-refractivity contribution < 1.29 is 52.9 Å². The third kappa shape index (κ3) is 16.1. The lowest BCUT2D eigenvalue weighted by Gasteiger charge is -2.36. The van der Waals surface area contributed by atoms with E-state index in [1.54, 1.807) is 88.3 Å². The van der Waals surface area contributed by atoms with Gasteiger partial charge in [-0.05, 0) is 82.2 Å². The highest BCUT2D eigenvalue weighted by Crippen LogP contribution is 2.32. The van der Waals surface area contributed by atoms with Crippen LogP contribution in [0.2, 0.25) is 0 Å². The van der Waals surface area contributed by atoms with Gasteiger partial charge in [0.25, 0.3) is 0 Å². The molecule has 3 N–H and O–H groups in total. The highest BCUT2D eigenvalue weighted by molar-refractivity contribution is 5.70. The first-order valence-electron chi connectivity index (χ1n) is 12.7. The van der Waals surface area contributed by atoms with Gasteiger partial charge in [-0.25, -0.2) is 19.9 Å². The Bertz CT molecular complexity index is 884. The van der Waals surface area contributed by atoms with Crippen LogP contribution in [0.1, 0.15) is 83.1 Å². The number of carbonyl (C=O) groups excluding carboxylic acids is 4. The van der Waals surface area contributed by atoms with Crippen molar-refractivity contribution in [2.45, 2.75) is 118 Å². The number of rotatable bonds is 6. The fourth-order valence-electron chi connectivity index (χ4n) is 3.12. The second-order valence-electron chi connectivity index (χ2n) is 12.2. The van der Waals surface area contributed by atoms with Gasteiger partial charge in [0.2, 0.25) is 0 Å². The Morgan fingerprint density at radius 2 is 1.45 bits per heavy atom. The van der Waals surface area contributed by atoms with E-state index in [9.17, 15) is 19.2 Å². The monoisotopic (exact) mass is 577 g/mol. The van der Waals surface area contributed by atoms with Gasteiger partial charge in [-0.3, -0.25) is 19.7 Å². The zero-order valence-electron chi connectivity index (χ0n) is 25.7. The van der Waals surface area contributed by atoms with Crippen LogP contribution in [-0.4, -0.2) is 82.2 Å². The van der Waals surface area contributed by atoms with Crippen molar-refractivity contribution in [3.63, 3.8) is 0 Å². The number of hydrogen-bond donors (Lipinski definition) is 3. The Kier molecular flexibility index (Phi) is 13.9. The zero-order valence-corrected chi connectivity index (χ0v) is 25.7. The van der Waals surface area contributed by atoms with Crippen LogP contribution in [-0.2, 0) is 33.3 Å². The summed E-state index contributed by atoms with van der Waals surface area (Å²) in [7, 11) is 0. The molecule has 0 radical (unpaired) electrons. The molecule has 232 valence electrons. The predicted octanol–water partition coefficient (Wildman–Crippen LogP) is 4.20. The molecule has 14 nitrogen and oxygen atoms in total. The predicted molar refractivity (Wildman–Crippen MR) is 143 cm³/mol. The van der Waals surface area contributed by atoms with Crippen LogP contribution in [0, 0.1) is 0 Å². The SMILES string of the molecule is CC(=O)O[C@H](/C=C/CONC(=O)OC(C)(C)C)[C@@H]1COC(C)(C)N1C(=O)OC(C)(C)C.CC(C)(C)OC(=O)NO. The highest BCUT2D eigenvalue weighted by atomic mass is 16.7. The van der Waals surface area contributed by atoms with Crippen molar-refractivity contribution in [3.05, 3.63) is 12.2 Å². The first kappa shape index (κ1) is 36.9. The molecule has 1 aliphatic rings. The van der Waals surface area contributed by atoms with Gasteiger partial charge in [0.15, 0.2) is 0 Å². The minimum absolute atomic E-state index is 0.0135.